The highest BCUT2D eigenvalue weighted by Gasteiger charge is 2.26. The van der Waals surface area contributed by atoms with Gasteiger partial charge in [0, 0.05) is 5.56 Å². The predicted octanol–water partition coefficient (Wildman–Crippen LogP) is 1.39. The van der Waals surface area contributed by atoms with Crippen molar-refractivity contribution in [3.8, 4) is 5.75 Å². The van der Waals surface area contributed by atoms with E-state index in [1.54, 1.807) is 41.0 Å². The maximum Gasteiger partial charge on any atom is 0.282 e. The number of fused-ring (bicyclic) bond motifs is 3. The van der Waals surface area contributed by atoms with Crippen LogP contribution in [0.3, 0.4) is 0 Å². The Balaban J connectivity index is 2.08. The lowest BCUT2D eigenvalue weighted by Gasteiger charge is -2.27. The zero-order chi connectivity index (χ0) is 16.0. The molecule has 2 aromatic carbocycles. The Labute approximate surface area is 130 Å². The number of nitrogens with one attached hydrogen (secondary N) is 1. The number of aliphatic imine (C=N–C) groups is 1. The van der Waals surface area contributed by atoms with Gasteiger partial charge in [-0.2, -0.15) is 4.98 Å². The number of guanidine groups is 1. The van der Waals surface area contributed by atoms with Gasteiger partial charge >= 0.3 is 0 Å². The van der Waals surface area contributed by atoms with Crippen LogP contribution in [-0.4, -0.2) is 20.6 Å². The average Bonchev–Trinajstić information content (AvgIpc) is 2.54. The van der Waals surface area contributed by atoms with Gasteiger partial charge in [-0.1, -0.05) is 30.3 Å². The SMILES string of the molecule is NC1=N[C@@H](c2ccccc2O)n2c(nc(=O)c3ccccc32)N1. The second-order valence-electron chi connectivity index (χ2n) is 5.20. The highest BCUT2D eigenvalue weighted by atomic mass is 16.3. The first-order valence-electron chi connectivity index (χ1n) is 7.04. The standard InChI is InChI=1S/C16H13N5O2/c17-15-18-13(10-6-2-4-8-12(10)22)21-11-7-3-1-5-9(11)14(23)19-16(21)20-15/h1-8,13,22H,(H3,17,18,19,20,23)/t13-/m1/s1. The van der Waals surface area contributed by atoms with Gasteiger partial charge in [0.1, 0.15) is 5.75 Å². The smallest absolute Gasteiger partial charge is 0.282 e. The van der Waals surface area contributed by atoms with E-state index < -0.39 is 6.17 Å². The molecule has 0 aliphatic carbocycles. The molecule has 114 valence electrons. The van der Waals surface area contributed by atoms with E-state index >= 15 is 0 Å². The van der Waals surface area contributed by atoms with Crippen LogP contribution in [0.15, 0.2) is 58.3 Å². The second-order valence-corrected chi connectivity index (χ2v) is 5.20. The molecule has 4 rings (SSSR count). The summed E-state index contributed by atoms with van der Waals surface area (Å²) in [7, 11) is 0. The number of benzene rings is 2. The number of aromatic nitrogens is 2. The molecule has 3 aromatic rings. The Bertz CT molecular complexity index is 1010. The zero-order valence-electron chi connectivity index (χ0n) is 12.0. The van der Waals surface area contributed by atoms with Gasteiger partial charge in [-0.25, -0.2) is 4.99 Å². The van der Waals surface area contributed by atoms with Gasteiger partial charge in [0.2, 0.25) is 5.95 Å². The molecule has 0 saturated carbocycles. The number of anilines is 1. The molecule has 0 unspecified atom stereocenters. The van der Waals surface area contributed by atoms with Crippen LogP contribution in [0.25, 0.3) is 10.9 Å². The van der Waals surface area contributed by atoms with Crippen molar-refractivity contribution in [2.75, 3.05) is 5.32 Å². The summed E-state index contributed by atoms with van der Waals surface area (Å²) in [6.07, 6.45) is -0.606. The lowest BCUT2D eigenvalue weighted by Crippen LogP contribution is -2.34. The Morgan fingerprint density at radius 1 is 1.13 bits per heavy atom. The van der Waals surface area contributed by atoms with Gasteiger partial charge in [0.05, 0.1) is 10.9 Å². The third kappa shape index (κ3) is 2.02. The molecule has 0 bridgehead atoms. The van der Waals surface area contributed by atoms with Crippen LogP contribution in [0.5, 0.6) is 5.75 Å². The van der Waals surface area contributed by atoms with Gasteiger partial charge in [-0.05, 0) is 18.2 Å². The summed E-state index contributed by atoms with van der Waals surface area (Å²) in [5.41, 5.74) is 6.72. The van der Waals surface area contributed by atoms with E-state index in [2.05, 4.69) is 15.3 Å². The zero-order valence-corrected chi connectivity index (χ0v) is 12.0. The number of phenols is 1. The molecule has 23 heavy (non-hydrogen) atoms. The quantitative estimate of drug-likeness (QED) is 0.630. The Morgan fingerprint density at radius 3 is 2.70 bits per heavy atom. The molecule has 1 aromatic heterocycles. The summed E-state index contributed by atoms with van der Waals surface area (Å²) >= 11 is 0. The van der Waals surface area contributed by atoms with Gasteiger partial charge in [-0.15, -0.1) is 0 Å². The van der Waals surface area contributed by atoms with Crippen molar-refractivity contribution in [1.82, 2.24) is 9.55 Å². The number of phenolic OH excluding ortho intramolecular Hbond substituents is 1. The van der Waals surface area contributed by atoms with Crippen molar-refractivity contribution in [2.24, 2.45) is 10.7 Å². The van der Waals surface area contributed by atoms with Crippen LogP contribution in [0.1, 0.15) is 11.7 Å². The van der Waals surface area contributed by atoms with Crippen LogP contribution in [-0.2, 0) is 0 Å². The van der Waals surface area contributed by atoms with Crippen LogP contribution in [0, 0.1) is 0 Å². The lowest BCUT2D eigenvalue weighted by molar-refractivity contribution is 0.455. The van der Waals surface area contributed by atoms with E-state index in [4.69, 9.17) is 5.73 Å². The number of hydrogen-bond donors (Lipinski definition) is 3. The Morgan fingerprint density at radius 2 is 1.87 bits per heavy atom. The summed E-state index contributed by atoms with van der Waals surface area (Å²) in [4.78, 5) is 20.6. The predicted molar refractivity (Wildman–Crippen MR) is 87.5 cm³/mol. The fraction of sp³-hybridized carbons (Fsp3) is 0.0625. The Kier molecular flexibility index (Phi) is 2.80. The van der Waals surface area contributed by atoms with E-state index in [1.165, 1.54) is 0 Å². The van der Waals surface area contributed by atoms with Gasteiger partial charge in [0.25, 0.3) is 5.56 Å². The summed E-state index contributed by atoms with van der Waals surface area (Å²) in [6.45, 7) is 0. The highest BCUT2D eigenvalue weighted by molar-refractivity contribution is 5.93. The minimum Gasteiger partial charge on any atom is -0.508 e. The lowest BCUT2D eigenvalue weighted by atomic mass is 10.1. The van der Waals surface area contributed by atoms with Crippen molar-refractivity contribution >= 4 is 22.8 Å². The average molecular weight is 307 g/mol. The van der Waals surface area contributed by atoms with E-state index in [0.717, 1.165) is 0 Å². The topological polar surface area (TPSA) is 106 Å². The third-order valence-corrected chi connectivity index (χ3v) is 3.79. The van der Waals surface area contributed by atoms with Gasteiger partial charge < -0.3 is 10.8 Å². The molecule has 4 N–H and O–H groups in total. The molecule has 1 aliphatic heterocycles. The largest absolute Gasteiger partial charge is 0.508 e. The maximum atomic E-state index is 12.2. The molecule has 2 heterocycles. The van der Waals surface area contributed by atoms with Crippen LogP contribution in [0.2, 0.25) is 0 Å². The number of hydrogen-bond acceptors (Lipinski definition) is 6. The third-order valence-electron chi connectivity index (χ3n) is 3.79. The van der Waals surface area contributed by atoms with Crippen molar-refractivity contribution in [3.05, 3.63) is 64.4 Å². The fourth-order valence-corrected chi connectivity index (χ4v) is 2.78. The van der Waals surface area contributed by atoms with Crippen LogP contribution >= 0.6 is 0 Å². The molecular weight excluding hydrogens is 294 g/mol. The maximum absolute atomic E-state index is 12.2. The van der Waals surface area contributed by atoms with Crippen molar-refractivity contribution < 1.29 is 5.11 Å². The first-order valence-corrected chi connectivity index (χ1v) is 7.04. The molecule has 1 atom stereocenters. The molecule has 0 amide bonds. The first-order chi connectivity index (χ1) is 11.1. The number of para-hydroxylation sites is 2. The van der Waals surface area contributed by atoms with E-state index in [0.29, 0.717) is 22.4 Å². The van der Waals surface area contributed by atoms with E-state index in [1.807, 2.05) is 12.1 Å². The van der Waals surface area contributed by atoms with Crippen molar-refractivity contribution in [2.45, 2.75) is 6.17 Å². The Hall–Kier alpha value is -3.35. The van der Waals surface area contributed by atoms with Crippen molar-refractivity contribution in [3.63, 3.8) is 0 Å². The normalized spacial score (nSPS) is 16.5. The van der Waals surface area contributed by atoms with Gasteiger partial charge in [0.15, 0.2) is 12.1 Å². The molecule has 1 aliphatic rings. The monoisotopic (exact) mass is 307 g/mol. The second kappa shape index (κ2) is 4.84. The molecule has 7 nitrogen and oxygen atoms in total. The number of rotatable bonds is 1. The van der Waals surface area contributed by atoms with E-state index in [-0.39, 0.29) is 17.3 Å². The fourth-order valence-electron chi connectivity index (χ4n) is 2.78. The first kappa shape index (κ1) is 13.3. The van der Waals surface area contributed by atoms with Crippen LogP contribution in [0.4, 0.5) is 5.95 Å². The molecule has 0 radical (unpaired) electrons. The summed E-state index contributed by atoms with van der Waals surface area (Å²) < 4.78 is 1.75. The summed E-state index contributed by atoms with van der Waals surface area (Å²) in [5.74, 6) is 0.541. The van der Waals surface area contributed by atoms with Crippen LogP contribution < -0.4 is 16.6 Å². The van der Waals surface area contributed by atoms with Gasteiger partial charge in [-0.3, -0.25) is 14.7 Å². The summed E-state index contributed by atoms with van der Waals surface area (Å²) in [5, 5.41) is 13.5. The molecule has 0 saturated heterocycles. The highest BCUT2D eigenvalue weighted by Crippen LogP contribution is 2.33. The number of nitrogens with two attached hydrogens (primary N) is 1. The number of nitrogens with zero attached hydrogens (tertiary/aromatic N) is 3. The molecule has 0 spiro atoms. The van der Waals surface area contributed by atoms with Crippen molar-refractivity contribution in [1.29, 1.82) is 0 Å². The molecular formula is C16H13N5O2. The molecule has 0 fully saturated rings. The summed E-state index contributed by atoms with van der Waals surface area (Å²) in [6, 6.07) is 14.0. The van der Waals surface area contributed by atoms with E-state index in [9.17, 15) is 9.90 Å². The minimum atomic E-state index is -0.606. The molecule has 7 heteroatoms. The minimum absolute atomic E-state index is 0.102. The number of aromatic hydroxyl groups is 1.